The number of likely N-dealkylation sites (tertiary alicyclic amines) is 1. The second-order valence-corrected chi connectivity index (χ2v) is 9.71. The first kappa shape index (κ1) is 25.8. The second kappa shape index (κ2) is 12.0. The van der Waals surface area contributed by atoms with Crippen LogP contribution < -0.4 is 16.4 Å². The average molecular weight is 445 g/mol. The fourth-order valence-corrected chi connectivity index (χ4v) is 4.14. The Labute approximate surface area is 192 Å². The maximum absolute atomic E-state index is 12.9. The number of nitrogens with one attached hydrogen (secondary N) is 2. The van der Waals surface area contributed by atoms with Gasteiger partial charge in [-0.05, 0) is 43.6 Å². The van der Waals surface area contributed by atoms with Crippen LogP contribution in [-0.4, -0.2) is 47.8 Å². The highest BCUT2D eigenvalue weighted by Crippen LogP contribution is 2.20. The number of hydrogen-bond donors (Lipinski definition) is 3. The zero-order valence-electron chi connectivity index (χ0n) is 20.1. The first-order valence-electron chi connectivity index (χ1n) is 11.8. The van der Waals surface area contributed by atoms with Gasteiger partial charge in [0.2, 0.25) is 17.7 Å². The molecule has 32 heavy (non-hydrogen) atoms. The Morgan fingerprint density at radius 1 is 1.00 bits per heavy atom. The van der Waals surface area contributed by atoms with Crippen molar-refractivity contribution >= 4 is 17.7 Å². The molecule has 1 aliphatic heterocycles. The van der Waals surface area contributed by atoms with E-state index in [1.165, 1.54) is 0 Å². The van der Waals surface area contributed by atoms with Crippen LogP contribution in [0.15, 0.2) is 30.3 Å². The molecule has 3 atom stereocenters. The van der Waals surface area contributed by atoms with Crippen LogP contribution >= 0.6 is 0 Å². The molecule has 1 aliphatic rings. The third-order valence-electron chi connectivity index (χ3n) is 6.13. The lowest BCUT2D eigenvalue weighted by molar-refractivity contribution is -0.138. The molecule has 0 saturated carbocycles. The van der Waals surface area contributed by atoms with Crippen LogP contribution in [0.25, 0.3) is 0 Å². The van der Waals surface area contributed by atoms with E-state index >= 15 is 0 Å². The highest BCUT2D eigenvalue weighted by molar-refractivity contribution is 5.89. The van der Waals surface area contributed by atoms with Gasteiger partial charge >= 0.3 is 0 Å². The van der Waals surface area contributed by atoms with Gasteiger partial charge in [0.1, 0.15) is 6.04 Å². The molecule has 0 radical (unpaired) electrons. The predicted octanol–water partition coefficient (Wildman–Crippen LogP) is 2.62. The van der Waals surface area contributed by atoms with Crippen LogP contribution in [0.4, 0.5) is 0 Å². The van der Waals surface area contributed by atoms with E-state index in [1.54, 1.807) is 4.90 Å². The van der Waals surface area contributed by atoms with E-state index in [0.717, 1.165) is 5.56 Å². The fraction of sp³-hybridized carbons (Fsp3) is 0.640. The number of piperidine rings is 1. The van der Waals surface area contributed by atoms with E-state index in [2.05, 4.69) is 10.6 Å². The second-order valence-electron chi connectivity index (χ2n) is 9.71. The van der Waals surface area contributed by atoms with Crippen molar-refractivity contribution in [3.8, 4) is 0 Å². The van der Waals surface area contributed by atoms with Crippen molar-refractivity contribution in [2.75, 3.05) is 13.1 Å². The molecule has 178 valence electrons. The van der Waals surface area contributed by atoms with Gasteiger partial charge in [-0.15, -0.1) is 0 Å². The Hall–Kier alpha value is -2.41. The standard InChI is InChI=1S/C25H40N4O3/c1-16(2)15-21(26)25(32)29-13-11-20(12-14-29)23(30)28-22(17(3)4)24(31)27-18(5)19-9-7-6-8-10-19/h6-10,16-18,20-22H,11-15,26H2,1-5H3,(H,27,31)(H,28,30)/t18-,21+,22+/m1/s1. The smallest absolute Gasteiger partial charge is 0.243 e. The molecular weight excluding hydrogens is 404 g/mol. The molecule has 4 N–H and O–H groups in total. The molecule has 7 nitrogen and oxygen atoms in total. The number of nitrogens with two attached hydrogens (primary N) is 1. The van der Waals surface area contributed by atoms with Crippen molar-refractivity contribution in [2.45, 2.75) is 72.0 Å². The van der Waals surface area contributed by atoms with Gasteiger partial charge in [0.05, 0.1) is 12.1 Å². The zero-order valence-corrected chi connectivity index (χ0v) is 20.1. The number of benzene rings is 1. The number of nitrogens with zero attached hydrogens (tertiary/aromatic N) is 1. The van der Waals surface area contributed by atoms with Gasteiger partial charge in [-0.1, -0.05) is 58.0 Å². The summed E-state index contributed by atoms with van der Waals surface area (Å²) in [5.41, 5.74) is 7.06. The lowest BCUT2D eigenvalue weighted by Gasteiger charge is -2.34. The van der Waals surface area contributed by atoms with Crippen LogP contribution in [0.3, 0.4) is 0 Å². The third-order valence-corrected chi connectivity index (χ3v) is 6.13. The number of rotatable bonds is 9. The van der Waals surface area contributed by atoms with E-state index in [0.29, 0.717) is 38.3 Å². The third kappa shape index (κ3) is 7.33. The topological polar surface area (TPSA) is 105 Å². The summed E-state index contributed by atoms with van der Waals surface area (Å²) in [5.74, 6) is -0.228. The molecular formula is C25H40N4O3. The van der Waals surface area contributed by atoms with E-state index in [1.807, 2.05) is 65.0 Å². The molecule has 1 aromatic carbocycles. The Balaban J connectivity index is 1.89. The number of hydrogen-bond acceptors (Lipinski definition) is 4. The van der Waals surface area contributed by atoms with Gasteiger partial charge in [-0.25, -0.2) is 0 Å². The molecule has 1 saturated heterocycles. The summed E-state index contributed by atoms with van der Waals surface area (Å²) in [7, 11) is 0. The lowest BCUT2D eigenvalue weighted by Crippen LogP contribution is -2.53. The Kier molecular flexibility index (Phi) is 9.69. The Morgan fingerprint density at radius 3 is 2.12 bits per heavy atom. The van der Waals surface area contributed by atoms with Gasteiger partial charge < -0.3 is 21.3 Å². The van der Waals surface area contributed by atoms with Gasteiger partial charge in [-0.3, -0.25) is 14.4 Å². The van der Waals surface area contributed by atoms with Crippen LogP contribution in [0, 0.1) is 17.8 Å². The monoisotopic (exact) mass is 444 g/mol. The minimum Gasteiger partial charge on any atom is -0.348 e. The number of carbonyl (C=O) groups excluding carboxylic acids is 3. The lowest BCUT2D eigenvalue weighted by atomic mass is 9.93. The average Bonchev–Trinajstić information content (AvgIpc) is 2.76. The summed E-state index contributed by atoms with van der Waals surface area (Å²) in [6, 6.07) is 8.51. The SMILES string of the molecule is CC(C)C[C@H](N)C(=O)N1CCC(C(=O)N[C@H](C(=O)N[C@H](C)c2ccccc2)C(C)C)CC1. The number of carbonyl (C=O) groups is 3. The van der Waals surface area contributed by atoms with Crippen LogP contribution in [0.2, 0.25) is 0 Å². The highest BCUT2D eigenvalue weighted by atomic mass is 16.2. The first-order chi connectivity index (χ1) is 15.1. The molecule has 1 heterocycles. The molecule has 0 unspecified atom stereocenters. The van der Waals surface area contributed by atoms with E-state index < -0.39 is 12.1 Å². The summed E-state index contributed by atoms with van der Waals surface area (Å²) in [4.78, 5) is 40.1. The molecule has 1 aromatic rings. The zero-order chi connectivity index (χ0) is 23.8. The summed E-state index contributed by atoms with van der Waals surface area (Å²) >= 11 is 0. The number of amides is 3. The van der Waals surface area contributed by atoms with Gasteiger partial charge in [0.15, 0.2) is 0 Å². The molecule has 7 heteroatoms. The van der Waals surface area contributed by atoms with Crippen molar-refractivity contribution < 1.29 is 14.4 Å². The largest absolute Gasteiger partial charge is 0.348 e. The molecule has 0 spiro atoms. The molecule has 1 fully saturated rings. The summed E-state index contributed by atoms with van der Waals surface area (Å²) in [6.07, 6.45) is 1.82. The quantitative estimate of drug-likeness (QED) is 0.544. The van der Waals surface area contributed by atoms with E-state index in [4.69, 9.17) is 5.73 Å². The van der Waals surface area contributed by atoms with Gasteiger partial charge in [0.25, 0.3) is 0 Å². The Bertz CT molecular complexity index is 758. The van der Waals surface area contributed by atoms with Crippen molar-refractivity contribution in [3.05, 3.63) is 35.9 Å². The van der Waals surface area contributed by atoms with Crippen molar-refractivity contribution in [1.29, 1.82) is 0 Å². The summed E-state index contributed by atoms with van der Waals surface area (Å²) in [5, 5.41) is 5.97. The van der Waals surface area contributed by atoms with Crippen molar-refractivity contribution in [1.82, 2.24) is 15.5 Å². The normalized spacial score (nSPS) is 17.7. The van der Waals surface area contributed by atoms with Gasteiger partial charge in [0, 0.05) is 19.0 Å². The predicted molar refractivity (Wildman–Crippen MR) is 127 cm³/mol. The first-order valence-corrected chi connectivity index (χ1v) is 11.8. The van der Waals surface area contributed by atoms with E-state index in [9.17, 15) is 14.4 Å². The van der Waals surface area contributed by atoms with Crippen LogP contribution in [-0.2, 0) is 14.4 Å². The Morgan fingerprint density at radius 2 is 1.59 bits per heavy atom. The van der Waals surface area contributed by atoms with Crippen molar-refractivity contribution in [2.24, 2.45) is 23.5 Å². The minimum absolute atomic E-state index is 0.0353. The molecule has 0 aromatic heterocycles. The maximum Gasteiger partial charge on any atom is 0.243 e. The summed E-state index contributed by atoms with van der Waals surface area (Å²) < 4.78 is 0. The van der Waals surface area contributed by atoms with Crippen molar-refractivity contribution in [3.63, 3.8) is 0 Å². The van der Waals surface area contributed by atoms with Crippen LogP contribution in [0.5, 0.6) is 0 Å². The fourth-order valence-electron chi connectivity index (χ4n) is 4.14. The maximum atomic E-state index is 12.9. The van der Waals surface area contributed by atoms with Gasteiger partial charge in [-0.2, -0.15) is 0 Å². The molecule has 0 bridgehead atoms. The molecule has 3 amide bonds. The highest BCUT2D eigenvalue weighted by Gasteiger charge is 2.32. The van der Waals surface area contributed by atoms with Crippen LogP contribution in [0.1, 0.15) is 65.5 Å². The molecule has 2 rings (SSSR count). The summed E-state index contributed by atoms with van der Waals surface area (Å²) in [6.45, 7) is 10.9. The minimum atomic E-state index is -0.604. The van der Waals surface area contributed by atoms with E-state index in [-0.39, 0.29) is 35.6 Å². The molecule has 0 aliphatic carbocycles.